The van der Waals surface area contributed by atoms with Gasteiger partial charge >= 0.3 is 11.7 Å². The fourth-order valence-electron chi connectivity index (χ4n) is 3.92. The molecule has 0 amide bonds. The predicted molar refractivity (Wildman–Crippen MR) is 127 cm³/mol. The molecule has 8 nitrogen and oxygen atoms in total. The maximum absolute atomic E-state index is 13.5. The van der Waals surface area contributed by atoms with Gasteiger partial charge < -0.3 is 9.84 Å². The number of nitrogens with zero attached hydrogens (tertiary/aromatic N) is 4. The highest BCUT2D eigenvalue weighted by atomic mass is 19.1. The molecule has 0 saturated carbocycles. The first-order chi connectivity index (χ1) is 16.3. The van der Waals surface area contributed by atoms with E-state index in [1.54, 1.807) is 23.7 Å². The number of benzene rings is 2. The summed E-state index contributed by atoms with van der Waals surface area (Å²) in [5.74, 6) is 0.417. The van der Waals surface area contributed by atoms with Crippen molar-refractivity contribution in [2.45, 2.75) is 39.3 Å². The molecule has 0 unspecified atom stereocenters. The Labute approximate surface area is 195 Å². The van der Waals surface area contributed by atoms with Crippen LogP contribution in [-0.4, -0.2) is 30.4 Å². The summed E-state index contributed by atoms with van der Waals surface area (Å²) in [6, 6.07) is 13.7. The number of rotatable bonds is 8. The van der Waals surface area contributed by atoms with Gasteiger partial charge in [0.05, 0.1) is 6.54 Å². The minimum Gasteiger partial charge on any atom is -0.425 e. The number of imidazole rings is 1. The standard InChI is InChI=1S/C25H27FN4O4/c1-16(2)19-7-4-5-8-20(19)34-24-27-22-21(30(24)15-17-9-11-18(26)12-10-17)23(32)29(13-6-14-31)25(33)28(22)3/h4-5,7-12,16,31H,6,13-15H2,1-3H3. The molecule has 0 aliphatic rings. The van der Waals surface area contributed by atoms with E-state index < -0.39 is 11.2 Å². The summed E-state index contributed by atoms with van der Waals surface area (Å²) in [6.07, 6.45) is 0.262. The van der Waals surface area contributed by atoms with E-state index in [1.165, 1.54) is 16.7 Å². The van der Waals surface area contributed by atoms with E-state index in [9.17, 15) is 19.1 Å². The summed E-state index contributed by atoms with van der Waals surface area (Å²) in [7, 11) is 1.54. The topological polar surface area (TPSA) is 91.3 Å². The normalized spacial score (nSPS) is 11.5. The highest BCUT2D eigenvalue weighted by Gasteiger charge is 2.22. The van der Waals surface area contributed by atoms with Crippen molar-refractivity contribution >= 4 is 11.2 Å². The average molecular weight is 467 g/mol. The molecule has 0 spiro atoms. The van der Waals surface area contributed by atoms with Crippen molar-refractivity contribution in [3.8, 4) is 11.8 Å². The Morgan fingerprint density at radius 1 is 1.06 bits per heavy atom. The van der Waals surface area contributed by atoms with Crippen LogP contribution in [0.2, 0.25) is 0 Å². The van der Waals surface area contributed by atoms with Crippen LogP contribution in [0.3, 0.4) is 0 Å². The molecule has 4 rings (SSSR count). The van der Waals surface area contributed by atoms with Crippen LogP contribution < -0.4 is 16.0 Å². The number of fused-ring (bicyclic) bond motifs is 1. The van der Waals surface area contributed by atoms with Crippen molar-refractivity contribution in [3.63, 3.8) is 0 Å². The second-order valence-corrected chi connectivity index (χ2v) is 8.45. The molecular weight excluding hydrogens is 439 g/mol. The number of hydrogen-bond acceptors (Lipinski definition) is 5. The second-order valence-electron chi connectivity index (χ2n) is 8.45. The second kappa shape index (κ2) is 9.64. The fourth-order valence-corrected chi connectivity index (χ4v) is 3.92. The molecule has 0 bridgehead atoms. The minimum atomic E-state index is -0.522. The minimum absolute atomic E-state index is 0.0754. The summed E-state index contributed by atoms with van der Waals surface area (Å²) < 4.78 is 23.7. The Hall–Kier alpha value is -3.72. The summed E-state index contributed by atoms with van der Waals surface area (Å²) >= 11 is 0. The lowest BCUT2D eigenvalue weighted by molar-refractivity contribution is 0.277. The Morgan fingerprint density at radius 2 is 1.76 bits per heavy atom. The summed E-state index contributed by atoms with van der Waals surface area (Å²) in [5.41, 5.74) is 1.05. The van der Waals surface area contributed by atoms with Crippen molar-refractivity contribution in [2.24, 2.45) is 7.05 Å². The van der Waals surface area contributed by atoms with Crippen molar-refractivity contribution in [1.82, 2.24) is 18.7 Å². The van der Waals surface area contributed by atoms with Crippen LogP contribution in [0.4, 0.5) is 4.39 Å². The van der Waals surface area contributed by atoms with Gasteiger partial charge in [0.15, 0.2) is 11.2 Å². The molecule has 0 atom stereocenters. The van der Waals surface area contributed by atoms with Gasteiger partial charge in [-0.05, 0) is 41.7 Å². The van der Waals surface area contributed by atoms with Crippen LogP contribution in [-0.2, 0) is 20.1 Å². The Balaban J connectivity index is 1.95. The SMILES string of the molecule is CC(C)c1ccccc1Oc1nc2c(c(=O)n(CCCO)c(=O)n2C)n1Cc1ccc(F)cc1. The third-order valence-corrected chi connectivity index (χ3v) is 5.73. The fraction of sp³-hybridized carbons (Fsp3) is 0.320. The van der Waals surface area contributed by atoms with E-state index in [2.05, 4.69) is 4.98 Å². The number of aliphatic hydroxyl groups is 1. The lowest BCUT2D eigenvalue weighted by Crippen LogP contribution is -2.39. The van der Waals surface area contributed by atoms with Gasteiger partial charge in [-0.2, -0.15) is 4.98 Å². The third kappa shape index (κ3) is 4.38. The van der Waals surface area contributed by atoms with Gasteiger partial charge in [0.2, 0.25) is 0 Å². The van der Waals surface area contributed by atoms with Gasteiger partial charge in [0.1, 0.15) is 11.6 Å². The van der Waals surface area contributed by atoms with Crippen LogP contribution in [0.25, 0.3) is 11.2 Å². The molecule has 0 aliphatic carbocycles. The first kappa shape index (κ1) is 23.4. The molecule has 9 heteroatoms. The average Bonchev–Trinajstić information content (AvgIpc) is 3.17. The quantitative estimate of drug-likeness (QED) is 0.430. The molecule has 178 valence electrons. The highest BCUT2D eigenvalue weighted by Crippen LogP contribution is 2.31. The number of halogens is 1. The van der Waals surface area contributed by atoms with Gasteiger partial charge in [-0.25, -0.2) is 9.18 Å². The largest absolute Gasteiger partial charge is 0.425 e. The third-order valence-electron chi connectivity index (χ3n) is 5.73. The molecule has 34 heavy (non-hydrogen) atoms. The Kier molecular flexibility index (Phi) is 6.65. The van der Waals surface area contributed by atoms with Gasteiger partial charge in [0, 0.05) is 20.2 Å². The predicted octanol–water partition coefficient (Wildman–Crippen LogP) is 3.38. The molecule has 0 saturated heterocycles. The molecule has 2 heterocycles. The molecular formula is C25H27FN4O4. The smallest absolute Gasteiger partial charge is 0.332 e. The van der Waals surface area contributed by atoms with E-state index in [-0.39, 0.29) is 55.0 Å². The summed E-state index contributed by atoms with van der Waals surface area (Å²) in [5, 5.41) is 9.21. The van der Waals surface area contributed by atoms with Crippen LogP contribution in [0.1, 0.15) is 37.3 Å². The zero-order valence-corrected chi connectivity index (χ0v) is 19.4. The number of hydrogen-bond donors (Lipinski definition) is 1. The van der Waals surface area contributed by atoms with Crippen LogP contribution in [0, 0.1) is 5.82 Å². The molecule has 0 fully saturated rings. The molecule has 0 radical (unpaired) electrons. The number of para-hydroxylation sites is 1. The molecule has 2 aromatic carbocycles. The van der Waals surface area contributed by atoms with Crippen LogP contribution in [0.5, 0.6) is 11.8 Å². The van der Waals surface area contributed by atoms with Gasteiger partial charge in [-0.15, -0.1) is 0 Å². The summed E-state index contributed by atoms with van der Waals surface area (Å²) in [6.45, 7) is 4.21. The van der Waals surface area contributed by atoms with E-state index in [4.69, 9.17) is 4.74 Å². The molecule has 0 aliphatic heterocycles. The maximum Gasteiger partial charge on any atom is 0.332 e. The zero-order valence-electron chi connectivity index (χ0n) is 19.4. The number of ether oxygens (including phenoxy) is 1. The molecule has 1 N–H and O–H groups in total. The van der Waals surface area contributed by atoms with Gasteiger partial charge in [-0.3, -0.25) is 18.5 Å². The lowest BCUT2D eigenvalue weighted by Gasteiger charge is -2.14. The van der Waals surface area contributed by atoms with Crippen LogP contribution in [0.15, 0.2) is 58.1 Å². The molecule has 4 aromatic rings. The van der Waals surface area contributed by atoms with Crippen molar-refractivity contribution in [3.05, 3.63) is 86.3 Å². The number of aliphatic hydroxyl groups excluding tert-OH is 1. The Morgan fingerprint density at radius 3 is 2.44 bits per heavy atom. The van der Waals surface area contributed by atoms with Crippen molar-refractivity contribution < 1.29 is 14.2 Å². The zero-order chi connectivity index (χ0) is 24.4. The molecule has 2 aromatic heterocycles. The monoisotopic (exact) mass is 466 g/mol. The van der Waals surface area contributed by atoms with Crippen molar-refractivity contribution in [1.29, 1.82) is 0 Å². The lowest BCUT2D eigenvalue weighted by atomic mass is 10.0. The summed E-state index contributed by atoms with van der Waals surface area (Å²) in [4.78, 5) is 30.8. The maximum atomic E-state index is 13.5. The van der Waals surface area contributed by atoms with Gasteiger partial charge in [0.25, 0.3) is 5.56 Å². The Bertz CT molecular complexity index is 1430. The van der Waals surface area contributed by atoms with E-state index >= 15 is 0 Å². The van der Waals surface area contributed by atoms with Crippen LogP contribution >= 0.6 is 0 Å². The number of aryl methyl sites for hydroxylation is 1. The van der Waals surface area contributed by atoms with Crippen molar-refractivity contribution in [2.75, 3.05) is 6.61 Å². The number of aromatic nitrogens is 4. The first-order valence-electron chi connectivity index (χ1n) is 11.1. The van der Waals surface area contributed by atoms with Gasteiger partial charge in [-0.1, -0.05) is 44.2 Å². The van der Waals surface area contributed by atoms with E-state index in [1.807, 2.05) is 38.1 Å². The first-order valence-corrected chi connectivity index (χ1v) is 11.1. The highest BCUT2D eigenvalue weighted by molar-refractivity contribution is 5.72. The van der Waals surface area contributed by atoms with E-state index in [0.29, 0.717) is 5.75 Å². The van der Waals surface area contributed by atoms with E-state index in [0.717, 1.165) is 15.7 Å².